The third kappa shape index (κ3) is 5.73. The first kappa shape index (κ1) is 18.1. The number of carbonyl (C=O) groups excluding carboxylic acids is 1. The number of nitrogens with one attached hydrogen (secondary N) is 1. The van der Waals surface area contributed by atoms with E-state index in [2.05, 4.69) is 11.3 Å². The van der Waals surface area contributed by atoms with Crippen molar-refractivity contribution in [3.8, 4) is 0 Å². The molecule has 0 aliphatic rings. The number of carbonyl (C=O) groups is 1. The SMILES string of the molecule is C=C(C[C@@H](N[S@](=O)C(C)(C)C)C(=O)OCC)c1cccs1. The molecular formula is C15H23NO3S2. The summed E-state index contributed by atoms with van der Waals surface area (Å²) in [5, 5.41) is 1.96. The van der Waals surface area contributed by atoms with Gasteiger partial charge in [-0.2, -0.15) is 0 Å². The summed E-state index contributed by atoms with van der Waals surface area (Å²) in [7, 11) is -1.34. The quantitative estimate of drug-likeness (QED) is 0.782. The first-order valence-electron chi connectivity index (χ1n) is 6.82. The predicted octanol–water partition coefficient (Wildman–Crippen LogP) is 3.13. The van der Waals surface area contributed by atoms with Gasteiger partial charge in [0.1, 0.15) is 6.04 Å². The summed E-state index contributed by atoms with van der Waals surface area (Å²) in [4.78, 5) is 13.1. The number of hydrogen-bond donors (Lipinski definition) is 1. The minimum atomic E-state index is -1.34. The Morgan fingerprint density at radius 2 is 2.19 bits per heavy atom. The first-order valence-corrected chi connectivity index (χ1v) is 8.85. The topological polar surface area (TPSA) is 55.4 Å². The predicted molar refractivity (Wildman–Crippen MR) is 89.4 cm³/mol. The van der Waals surface area contributed by atoms with Crippen LogP contribution in [0.2, 0.25) is 0 Å². The third-order valence-corrected chi connectivity index (χ3v) is 5.28. The molecule has 0 saturated heterocycles. The fourth-order valence-corrected chi connectivity index (χ4v) is 3.05. The zero-order valence-corrected chi connectivity index (χ0v) is 14.6. The molecule has 0 bridgehead atoms. The van der Waals surface area contributed by atoms with Crippen LogP contribution in [0.25, 0.3) is 5.57 Å². The lowest BCUT2D eigenvalue weighted by molar-refractivity contribution is -0.144. The van der Waals surface area contributed by atoms with Crippen LogP contribution in [0.1, 0.15) is 39.0 Å². The third-order valence-electron chi connectivity index (χ3n) is 2.70. The van der Waals surface area contributed by atoms with Gasteiger partial charge in [-0.3, -0.25) is 4.79 Å². The van der Waals surface area contributed by atoms with Crippen molar-refractivity contribution in [1.82, 2.24) is 4.72 Å². The molecule has 4 nitrogen and oxygen atoms in total. The van der Waals surface area contributed by atoms with Crippen LogP contribution >= 0.6 is 11.3 Å². The summed E-state index contributed by atoms with van der Waals surface area (Å²) in [5.74, 6) is -0.396. The van der Waals surface area contributed by atoms with E-state index in [0.717, 1.165) is 10.5 Å². The highest BCUT2D eigenvalue weighted by Crippen LogP contribution is 2.23. The Morgan fingerprint density at radius 3 is 2.67 bits per heavy atom. The van der Waals surface area contributed by atoms with Crippen LogP contribution in [0.15, 0.2) is 24.1 Å². The molecule has 0 saturated carbocycles. The highest BCUT2D eigenvalue weighted by molar-refractivity contribution is 7.84. The van der Waals surface area contributed by atoms with Crippen molar-refractivity contribution < 1.29 is 13.7 Å². The number of thiophene rings is 1. The molecule has 0 aliphatic carbocycles. The second kappa shape index (κ2) is 7.87. The second-order valence-electron chi connectivity index (χ2n) is 5.59. The summed E-state index contributed by atoms with van der Waals surface area (Å²) >= 11 is 1.57. The van der Waals surface area contributed by atoms with E-state index in [-0.39, 0.29) is 0 Å². The summed E-state index contributed by atoms with van der Waals surface area (Å²) in [6, 6.07) is 3.24. The zero-order chi connectivity index (χ0) is 16.0. The molecule has 1 N–H and O–H groups in total. The molecule has 1 aromatic heterocycles. The average molecular weight is 329 g/mol. The molecule has 1 aromatic rings. The van der Waals surface area contributed by atoms with Gasteiger partial charge in [-0.1, -0.05) is 12.6 Å². The Kier molecular flexibility index (Phi) is 6.77. The lowest BCUT2D eigenvalue weighted by atomic mass is 10.1. The maximum Gasteiger partial charge on any atom is 0.324 e. The monoisotopic (exact) mass is 329 g/mol. The molecule has 1 heterocycles. The molecule has 6 heteroatoms. The zero-order valence-electron chi connectivity index (χ0n) is 13.0. The number of hydrogen-bond acceptors (Lipinski definition) is 4. The lowest BCUT2D eigenvalue weighted by Gasteiger charge is -2.23. The molecule has 21 heavy (non-hydrogen) atoms. The maximum absolute atomic E-state index is 12.2. The van der Waals surface area contributed by atoms with Gasteiger partial charge in [0.05, 0.1) is 22.3 Å². The van der Waals surface area contributed by atoms with Crippen molar-refractivity contribution in [3.05, 3.63) is 29.0 Å². The van der Waals surface area contributed by atoms with E-state index >= 15 is 0 Å². The van der Waals surface area contributed by atoms with Gasteiger partial charge in [0, 0.05) is 11.3 Å². The van der Waals surface area contributed by atoms with Crippen LogP contribution in [0.3, 0.4) is 0 Å². The van der Waals surface area contributed by atoms with Crippen LogP contribution in [-0.4, -0.2) is 27.6 Å². The van der Waals surface area contributed by atoms with Gasteiger partial charge in [-0.15, -0.1) is 11.3 Å². The fourth-order valence-electron chi connectivity index (χ4n) is 1.55. The Balaban J connectivity index is 2.80. The van der Waals surface area contributed by atoms with Gasteiger partial charge >= 0.3 is 5.97 Å². The Labute approximate surface area is 133 Å². The van der Waals surface area contributed by atoms with Gasteiger partial charge in [-0.05, 0) is 44.7 Å². The Hall–Kier alpha value is -0.980. The largest absolute Gasteiger partial charge is 0.465 e. The normalized spacial score (nSPS) is 14.5. The number of ether oxygens (including phenoxy) is 1. The van der Waals surface area contributed by atoms with Gasteiger partial charge in [0.2, 0.25) is 0 Å². The van der Waals surface area contributed by atoms with E-state index in [0.29, 0.717) is 13.0 Å². The average Bonchev–Trinajstić information content (AvgIpc) is 2.90. The summed E-state index contributed by atoms with van der Waals surface area (Å²) < 4.78 is 19.7. The minimum Gasteiger partial charge on any atom is -0.465 e. The Bertz CT molecular complexity index is 503. The highest BCUT2D eigenvalue weighted by Gasteiger charge is 2.28. The molecule has 0 radical (unpaired) electrons. The van der Waals surface area contributed by atoms with E-state index in [1.165, 1.54) is 0 Å². The molecule has 0 amide bonds. The van der Waals surface area contributed by atoms with Gasteiger partial charge in [-0.25, -0.2) is 8.93 Å². The van der Waals surface area contributed by atoms with Crippen molar-refractivity contribution >= 4 is 33.9 Å². The molecule has 0 unspecified atom stereocenters. The lowest BCUT2D eigenvalue weighted by Crippen LogP contribution is -2.44. The molecule has 2 atom stereocenters. The van der Waals surface area contributed by atoms with Crippen LogP contribution < -0.4 is 4.72 Å². The summed E-state index contributed by atoms with van der Waals surface area (Å²) in [6.45, 7) is 11.6. The maximum atomic E-state index is 12.2. The van der Waals surface area contributed by atoms with Gasteiger partial charge in [0.15, 0.2) is 0 Å². The van der Waals surface area contributed by atoms with Crippen LogP contribution in [0.5, 0.6) is 0 Å². The molecular weight excluding hydrogens is 306 g/mol. The molecule has 118 valence electrons. The van der Waals surface area contributed by atoms with Gasteiger partial charge in [0.25, 0.3) is 0 Å². The van der Waals surface area contributed by atoms with E-state index in [1.807, 2.05) is 38.3 Å². The van der Waals surface area contributed by atoms with E-state index in [4.69, 9.17) is 4.74 Å². The van der Waals surface area contributed by atoms with Crippen molar-refractivity contribution in [1.29, 1.82) is 0 Å². The molecule has 1 rings (SSSR count). The van der Waals surface area contributed by atoms with E-state index in [1.54, 1.807) is 18.3 Å². The van der Waals surface area contributed by atoms with Crippen LogP contribution in [0.4, 0.5) is 0 Å². The molecule has 0 aliphatic heterocycles. The molecule has 0 aromatic carbocycles. The van der Waals surface area contributed by atoms with Crippen molar-refractivity contribution in [2.24, 2.45) is 0 Å². The van der Waals surface area contributed by atoms with E-state index in [9.17, 15) is 9.00 Å². The van der Waals surface area contributed by atoms with Crippen LogP contribution in [0, 0.1) is 0 Å². The molecule has 0 spiro atoms. The van der Waals surface area contributed by atoms with Crippen molar-refractivity contribution in [3.63, 3.8) is 0 Å². The first-order chi connectivity index (χ1) is 9.75. The number of esters is 1. The standard InChI is InChI=1S/C15H23NO3S2/c1-6-19-14(17)12(16-21(18)15(3,4)5)10-11(2)13-8-7-9-20-13/h7-9,12,16H,2,6,10H2,1,3-5H3/t12-,21-/m1/s1. The Morgan fingerprint density at radius 1 is 1.52 bits per heavy atom. The van der Waals surface area contributed by atoms with Crippen LogP contribution in [-0.2, 0) is 20.5 Å². The molecule has 0 fully saturated rings. The van der Waals surface area contributed by atoms with Crippen molar-refractivity contribution in [2.45, 2.75) is 44.9 Å². The summed E-state index contributed by atoms with van der Waals surface area (Å²) in [6.07, 6.45) is 0.376. The minimum absolute atomic E-state index is 0.296. The smallest absolute Gasteiger partial charge is 0.324 e. The van der Waals surface area contributed by atoms with E-state index < -0.39 is 27.7 Å². The second-order valence-corrected chi connectivity index (χ2v) is 8.53. The fraction of sp³-hybridized carbons (Fsp3) is 0.533. The van der Waals surface area contributed by atoms with Gasteiger partial charge < -0.3 is 4.74 Å². The summed E-state index contributed by atoms with van der Waals surface area (Å²) in [5.41, 5.74) is 0.835. The van der Waals surface area contributed by atoms with Crippen molar-refractivity contribution in [2.75, 3.05) is 6.61 Å². The number of rotatable bonds is 7. The highest BCUT2D eigenvalue weighted by atomic mass is 32.2.